The summed E-state index contributed by atoms with van der Waals surface area (Å²) in [7, 11) is 0. The van der Waals surface area contributed by atoms with E-state index < -0.39 is 6.23 Å². The van der Waals surface area contributed by atoms with Crippen LogP contribution in [0.4, 0.5) is 0 Å². The highest BCUT2D eigenvalue weighted by Gasteiger charge is 2.06. The first-order valence-corrected chi connectivity index (χ1v) is 4.99. The molecule has 0 aliphatic carbocycles. The zero-order valence-electron chi connectivity index (χ0n) is 8.67. The normalized spacial score (nSPS) is 14.9. The van der Waals surface area contributed by atoms with E-state index in [4.69, 9.17) is 21.3 Å². The standard InChI is InChI=1S/C11H18N2O2/c12-10(6-11(13)14)8-15-7-9-4-2-1-3-5-9/h1-5,10-11,14H,6-8,12-13H2. The molecule has 0 spiro atoms. The average Bonchev–Trinajstić information content (AvgIpc) is 2.18. The second-order valence-electron chi connectivity index (χ2n) is 3.56. The molecule has 4 heteroatoms. The first-order chi connectivity index (χ1) is 7.18. The van der Waals surface area contributed by atoms with Gasteiger partial charge in [-0.2, -0.15) is 0 Å². The maximum Gasteiger partial charge on any atom is 0.103 e. The van der Waals surface area contributed by atoms with Crippen LogP contribution in [-0.2, 0) is 11.3 Å². The molecule has 15 heavy (non-hydrogen) atoms. The molecule has 0 aromatic heterocycles. The van der Waals surface area contributed by atoms with Gasteiger partial charge in [0.25, 0.3) is 0 Å². The molecule has 0 radical (unpaired) electrons. The van der Waals surface area contributed by atoms with Gasteiger partial charge in [0, 0.05) is 12.5 Å². The van der Waals surface area contributed by atoms with Gasteiger partial charge in [0.15, 0.2) is 0 Å². The first-order valence-electron chi connectivity index (χ1n) is 4.99. The van der Waals surface area contributed by atoms with Crippen LogP contribution in [0.15, 0.2) is 30.3 Å². The minimum Gasteiger partial charge on any atom is -0.379 e. The maximum absolute atomic E-state index is 8.88. The minimum absolute atomic E-state index is 0.214. The van der Waals surface area contributed by atoms with Crippen LogP contribution in [0.3, 0.4) is 0 Å². The Morgan fingerprint density at radius 1 is 1.20 bits per heavy atom. The molecule has 0 amide bonds. The summed E-state index contributed by atoms with van der Waals surface area (Å²) < 4.78 is 5.39. The van der Waals surface area contributed by atoms with Crippen LogP contribution in [-0.4, -0.2) is 24.0 Å². The molecule has 0 aliphatic heterocycles. The molecule has 0 saturated carbocycles. The molecule has 2 atom stereocenters. The largest absolute Gasteiger partial charge is 0.379 e. The zero-order valence-corrected chi connectivity index (χ0v) is 8.67. The predicted molar refractivity (Wildman–Crippen MR) is 58.9 cm³/mol. The molecular formula is C11H18N2O2. The van der Waals surface area contributed by atoms with E-state index in [0.717, 1.165) is 5.56 Å². The van der Waals surface area contributed by atoms with E-state index in [1.807, 2.05) is 30.3 Å². The van der Waals surface area contributed by atoms with Crippen molar-refractivity contribution in [3.8, 4) is 0 Å². The third-order valence-corrected chi connectivity index (χ3v) is 1.99. The molecule has 0 saturated heterocycles. The number of benzene rings is 1. The molecular weight excluding hydrogens is 192 g/mol. The van der Waals surface area contributed by atoms with Crippen LogP contribution in [0.5, 0.6) is 0 Å². The van der Waals surface area contributed by atoms with Crippen LogP contribution in [0.25, 0.3) is 0 Å². The van der Waals surface area contributed by atoms with Crippen LogP contribution in [0, 0.1) is 0 Å². The van der Waals surface area contributed by atoms with Crippen molar-refractivity contribution >= 4 is 0 Å². The SMILES string of the molecule is NC(O)CC(N)COCc1ccccc1. The fourth-order valence-corrected chi connectivity index (χ4v) is 1.28. The molecule has 84 valence electrons. The topological polar surface area (TPSA) is 81.5 Å². The molecule has 1 rings (SSSR count). The number of rotatable bonds is 6. The highest BCUT2D eigenvalue weighted by molar-refractivity contribution is 5.13. The van der Waals surface area contributed by atoms with E-state index in [9.17, 15) is 0 Å². The smallest absolute Gasteiger partial charge is 0.103 e. The summed E-state index contributed by atoms with van der Waals surface area (Å²) in [5, 5.41) is 8.88. The van der Waals surface area contributed by atoms with Crippen LogP contribution in [0.2, 0.25) is 0 Å². The molecule has 1 aromatic rings. The van der Waals surface area contributed by atoms with E-state index in [1.165, 1.54) is 0 Å². The fraction of sp³-hybridized carbons (Fsp3) is 0.455. The van der Waals surface area contributed by atoms with Gasteiger partial charge in [-0.25, -0.2) is 0 Å². The van der Waals surface area contributed by atoms with Crippen LogP contribution >= 0.6 is 0 Å². The first kappa shape index (κ1) is 12.1. The Bertz CT molecular complexity index is 265. The molecule has 0 fully saturated rings. The van der Waals surface area contributed by atoms with Crippen molar-refractivity contribution in [3.63, 3.8) is 0 Å². The molecule has 0 bridgehead atoms. The van der Waals surface area contributed by atoms with Crippen molar-refractivity contribution in [2.45, 2.75) is 25.3 Å². The van der Waals surface area contributed by atoms with Crippen molar-refractivity contribution in [2.75, 3.05) is 6.61 Å². The number of hydrogen-bond donors (Lipinski definition) is 3. The molecule has 4 nitrogen and oxygen atoms in total. The number of nitrogens with two attached hydrogens (primary N) is 2. The average molecular weight is 210 g/mol. The lowest BCUT2D eigenvalue weighted by Gasteiger charge is -2.13. The Labute approximate surface area is 89.8 Å². The Hall–Kier alpha value is -0.940. The summed E-state index contributed by atoms with van der Waals surface area (Å²) >= 11 is 0. The number of hydrogen-bond acceptors (Lipinski definition) is 4. The number of aliphatic hydroxyl groups is 1. The number of ether oxygens (including phenoxy) is 1. The van der Waals surface area contributed by atoms with E-state index in [0.29, 0.717) is 19.6 Å². The second-order valence-corrected chi connectivity index (χ2v) is 3.56. The summed E-state index contributed by atoms with van der Waals surface area (Å²) in [4.78, 5) is 0. The van der Waals surface area contributed by atoms with Crippen LogP contribution in [0.1, 0.15) is 12.0 Å². The third-order valence-electron chi connectivity index (χ3n) is 1.99. The van der Waals surface area contributed by atoms with E-state index >= 15 is 0 Å². The fourth-order valence-electron chi connectivity index (χ4n) is 1.28. The van der Waals surface area contributed by atoms with Gasteiger partial charge in [0.05, 0.1) is 13.2 Å². The van der Waals surface area contributed by atoms with Gasteiger partial charge in [-0.05, 0) is 5.56 Å². The van der Waals surface area contributed by atoms with Gasteiger partial charge in [-0.1, -0.05) is 30.3 Å². The Kier molecular flexibility index (Phi) is 5.28. The number of aliphatic hydroxyl groups excluding tert-OH is 1. The molecule has 2 unspecified atom stereocenters. The summed E-state index contributed by atoms with van der Waals surface area (Å²) in [5.74, 6) is 0. The van der Waals surface area contributed by atoms with Crippen molar-refractivity contribution in [3.05, 3.63) is 35.9 Å². The molecule has 5 N–H and O–H groups in total. The lowest BCUT2D eigenvalue weighted by atomic mass is 10.2. The molecule has 0 heterocycles. The molecule has 0 aliphatic rings. The summed E-state index contributed by atoms with van der Waals surface area (Å²) in [6.45, 7) is 0.943. The Morgan fingerprint density at radius 2 is 1.87 bits per heavy atom. The van der Waals surface area contributed by atoms with Gasteiger partial charge >= 0.3 is 0 Å². The summed E-state index contributed by atoms with van der Waals surface area (Å²) in [5.41, 5.74) is 12.0. The van der Waals surface area contributed by atoms with Crippen LogP contribution < -0.4 is 11.5 Å². The lowest BCUT2D eigenvalue weighted by Crippen LogP contribution is -2.34. The van der Waals surface area contributed by atoms with Crippen molar-refractivity contribution in [1.82, 2.24) is 0 Å². The van der Waals surface area contributed by atoms with Crippen molar-refractivity contribution in [2.24, 2.45) is 11.5 Å². The predicted octanol–water partition coefficient (Wildman–Crippen LogP) is 0.198. The maximum atomic E-state index is 8.88. The Morgan fingerprint density at radius 3 is 2.47 bits per heavy atom. The van der Waals surface area contributed by atoms with Gasteiger partial charge in [0.2, 0.25) is 0 Å². The van der Waals surface area contributed by atoms with E-state index in [2.05, 4.69) is 0 Å². The summed E-state index contributed by atoms with van der Waals surface area (Å²) in [6.07, 6.45) is -0.505. The zero-order chi connectivity index (χ0) is 11.1. The quantitative estimate of drug-likeness (QED) is 0.586. The van der Waals surface area contributed by atoms with Crippen molar-refractivity contribution < 1.29 is 9.84 Å². The minimum atomic E-state index is -0.861. The van der Waals surface area contributed by atoms with Gasteiger partial charge in [-0.3, -0.25) is 0 Å². The lowest BCUT2D eigenvalue weighted by molar-refractivity contribution is 0.0856. The van der Waals surface area contributed by atoms with E-state index in [-0.39, 0.29) is 6.04 Å². The highest BCUT2D eigenvalue weighted by Crippen LogP contribution is 2.01. The Balaban J connectivity index is 2.16. The summed E-state index contributed by atoms with van der Waals surface area (Å²) in [6, 6.07) is 9.64. The highest BCUT2D eigenvalue weighted by atomic mass is 16.5. The molecule has 1 aromatic carbocycles. The van der Waals surface area contributed by atoms with Gasteiger partial charge in [-0.15, -0.1) is 0 Å². The van der Waals surface area contributed by atoms with Crippen molar-refractivity contribution in [1.29, 1.82) is 0 Å². The third kappa shape index (κ3) is 5.49. The van der Waals surface area contributed by atoms with Gasteiger partial charge in [0.1, 0.15) is 6.23 Å². The van der Waals surface area contributed by atoms with Gasteiger partial charge < -0.3 is 21.3 Å². The monoisotopic (exact) mass is 210 g/mol. The second kappa shape index (κ2) is 6.53. The van der Waals surface area contributed by atoms with E-state index in [1.54, 1.807) is 0 Å².